The Kier molecular flexibility index (Phi) is 4.53. The van der Waals surface area contributed by atoms with Crippen molar-refractivity contribution in [2.24, 2.45) is 0 Å². The van der Waals surface area contributed by atoms with Crippen molar-refractivity contribution in [3.8, 4) is 11.8 Å². The van der Waals surface area contributed by atoms with Crippen molar-refractivity contribution in [1.29, 1.82) is 5.26 Å². The van der Waals surface area contributed by atoms with Gasteiger partial charge < -0.3 is 10.1 Å². The summed E-state index contributed by atoms with van der Waals surface area (Å²) < 4.78 is 5.70. The normalized spacial score (nSPS) is 13.8. The topological polar surface area (TPSA) is 45.0 Å². The fraction of sp³-hybridized carbons (Fsp3) is 0.500. The van der Waals surface area contributed by atoms with Crippen molar-refractivity contribution in [1.82, 2.24) is 5.32 Å². The molecule has 3 nitrogen and oxygen atoms in total. The molecule has 0 heterocycles. The van der Waals surface area contributed by atoms with Crippen molar-refractivity contribution in [2.75, 3.05) is 13.7 Å². The third-order valence-electron chi connectivity index (χ3n) is 2.99. The summed E-state index contributed by atoms with van der Waals surface area (Å²) in [7, 11) is 1.79. The van der Waals surface area contributed by atoms with Gasteiger partial charge in [0.2, 0.25) is 0 Å². The Morgan fingerprint density at radius 3 is 2.65 bits per heavy atom. The highest BCUT2D eigenvalue weighted by Gasteiger charge is 2.20. The van der Waals surface area contributed by atoms with Crippen molar-refractivity contribution in [3.05, 3.63) is 29.3 Å². The first-order chi connectivity index (χ1) is 8.00. The zero-order valence-electron chi connectivity index (χ0n) is 11.0. The van der Waals surface area contributed by atoms with Crippen LogP contribution in [0.25, 0.3) is 0 Å². The average Bonchev–Trinajstić information content (AvgIpc) is 2.32. The Hall–Kier alpha value is -1.53. The van der Waals surface area contributed by atoms with Gasteiger partial charge >= 0.3 is 0 Å². The number of rotatable bonds is 5. The fourth-order valence-corrected chi connectivity index (χ4v) is 1.56. The summed E-state index contributed by atoms with van der Waals surface area (Å²) in [5.74, 6) is 0.895. The number of nitriles is 1. The number of hydrogen-bond donors (Lipinski definition) is 1. The quantitative estimate of drug-likeness (QED) is 0.848. The van der Waals surface area contributed by atoms with E-state index in [9.17, 15) is 0 Å². The summed E-state index contributed by atoms with van der Waals surface area (Å²) in [6.07, 6.45) is 0.660. The second-order valence-corrected chi connectivity index (χ2v) is 4.56. The van der Waals surface area contributed by atoms with E-state index >= 15 is 0 Å². The van der Waals surface area contributed by atoms with Gasteiger partial charge in [0.25, 0.3) is 0 Å². The van der Waals surface area contributed by atoms with Gasteiger partial charge in [-0.15, -0.1) is 0 Å². The van der Waals surface area contributed by atoms with Gasteiger partial charge in [0, 0.05) is 6.42 Å². The Morgan fingerprint density at radius 1 is 1.41 bits per heavy atom. The predicted molar refractivity (Wildman–Crippen MR) is 69.1 cm³/mol. The molecule has 0 aliphatic carbocycles. The van der Waals surface area contributed by atoms with Gasteiger partial charge in [0.05, 0.1) is 12.7 Å². The van der Waals surface area contributed by atoms with Crippen LogP contribution in [0.5, 0.6) is 5.75 Å². The Morgan fingerprint density at radius 2 is 2.12 bits per heavy atom. The van der Waals surface area contributed by atoms with Gasteiger partial charge in [-0.2, -0.15) is 5.26 Å². The fourth-order valence-electron chi connectivity index (χ4n) is 1.56. The molecule has 17 heavy (non-hydrogen) atoms. The van der Waals surface area contributed by atoms with Crippen LogP contribution >= 0.6 is 0 Å². The number of ether oxygens (including phenoxy) is 1. The second kappa shape index (κ2) is 5.70. The van der Waals surface area contributed by atoms with Crippen LogP contribution < -0.4 is 10.1 Å². The highest BCUT2D eigenvalue weighted by molar-refractivity contribution is 5.35. The number of nitrogens with one attached hydrogen (secondary N) is 1. The molecule has 92 valence electrons. The highest BCUT2D eigenvalue weighted by Crippen LogP contribution is 2.19. The van der Waals surface area contributed by atoms with Gasteiger partial charge in [0.15, 0.2) is 0 Å². The predicted octanol–water partition coefficient (Wildman–Crippen LogP) is 2.57. The molecule has 1 aromatic rings. The maximum atomic E-state index is 9.01. The van der Waals surface area contributed by atoms with Crippen molar-refractivity contribution in [2.45, 2.75) is 32.7 Å². The maximum Gasteiger partial charge on any atom is 0.122 e. The molecule has 1 unspecified atom stereocenters. The lowest BCUT2D eigenvalue weighted by Crippen LogP contribution is -2.39. The lowest BCUT2D eigenvalue weighted by atomic mass is 10.0. The second-order valence-electron chi connectivity index (χ2n) is 4.56. The van der Waals surface area contributed by atoms with Crippen LogP contribution in [0.15, 0.2) is 18.2 Å². The van der Waals surface area contributed by atoms with Crippen molar-refractivity contribution in [3.63, 3.8) is 0 Å². The molecule has 1 atom stereocenters. The van der Waals surface area contributed by atoms with Gasteiger partial charge in [0.1, 0.15) is 11.3 Å². The molecule has 0 saturated carbocycles. The number of aryl methyl sites for hydroxylation is 2. The zero-order chi connectivity index (χ0) is 12.9. The van der Waals surface area contributed by atoms with E-state index < -0.39 is 5.54 Å². The Balaban J connectivity index is 2.55. The zero-order valence-corrected chi connectivity index (χ0v) is 11.0. The standard InChI is InChI=1S/C14H20N2O/c1-11-5-6-13(12(2)9-11)17-8-7-14(3,10-15)16-4/h5-6,9,16H,7-8H2,1-4H3. The third-order valence-corrected chi connectivity index (χ3v) is 2.99. The SMILES string of the molecule is CNC(C)(C#N)CCOc1ccc(C)cc1C. The summed E-state index contributed by atoms with van der Waals surface area (Å²) in [6.45, 7) is 6.50. The van der Waals surface area contributed by atoms with Crippen LogP contribution in [0.3, 0.4) is 0 Å². The van der Waals surface area contributed by atoms with E-state index in [1.54, 1.807) is 7.05 Å². The Labute approximate surface area is 103 Å². The number of hydrogen-bond acceptors (Lipinski definition) is 3. The first-order valence-corrected chi connectivity index (χ1v) is 5.81. The van der Waals surface area contributed by atoms with Crippen LogP contribution in [0.4, 0.5) is 0 Å². The molecular weight excluding hydrogens is 212 g/mol. The van der Waals surface area contributed by atoms with Gasteiger partial charge in [-0.25, -0.2) is 0 Å². The molecule has 0 aliphatic rings. The molecule has 0 saturated heterocycles. The largest absolute Gasteiger partial charge is 0.493 e. The van der Waals surface area contributed by atoms with Crippen LogP contribution in [0.2, 0.25) is 0 Å². The monoisotopic (exact) mass is 232 g/mol. The van der Waals surface area contributed by atoms with E-state index in [1.165, 1.54) is 5.56 Å². The minimum absolute atomic E-state index is 0.515. The van der Waals surface area contributed by atoms with Crippen molar-refractivity contribution < 1.29 is 4.74 Å². The first kappa shape index (κ1) is 13.5. The van der Waals surface area contributed by atoms with Gasteiger partial charge in [-0.3, -0.25) is 0 Å². The molecule has 0 aromatic heterocycles. The molecule has 1 rings (SSSR count). The molecule has 0 radical (unpaired) electrons. The molecule has 0 aliphatic heterocycles. The minimum atomic E-state index is -0.515. The number of benzene rings is 1. The molecule has 3 heteroatoms. The molecule has 1 aromatic carbocycles. The lowest BCUT2D eigenvalue weighted by molar-refractivity contribution is 0.271. The van der Waals surface area contributed by atoms with E-state index in [4.69, 9.17) is 10.00 Å². The van der Waals surface area contributed by atoms with E-state index in [-0.39, 0.29) is 0 Å². The summed E-state index contributed by atoms with van der Waals surface area (Å²) in [4.78, 5) is 0. The van der Waals surface area contributed by atoms with E-state index in [0.29, 0.717) is 13.0 Å². The lowest BCUT2D eigenvalue weighted by Gasteiger charge is -2.20. The van der Waals surface area contributed by atoms with Crippen LogP contribution in [-0.4, -0.2) is 19.2 Å². The highest BCUT2D eigenvalue weighted by atomic mass is 16.5. The van der Waals surface area contributed by atoms with Crippen LogP contribution in [0.1, 0.15) is 24.5 Å². The van der Waals surface area contributed by atoms with Gasteiger partial charge in [-0.05, 0) is 39.4 Å². The maximum absolute atomic E-state index is 9.01. The molecule has 0 bridgehead atoms. The van der Waals surface area contributed by atoms with E-state index in [1.807, 2.05) is 26.0 Å². The van der Waals surface area contributed by atoms with Gasteiger partial charge in [-0.1, -0.05) is 17.7 Å². The molecule has 0 amide bonds. The summed E-state index contributed by atoms with van der Waals surface area (Å²) in [6, 6.07) is 8.35. The minimum Gasteiger partial charge on any atom is -0.493 e. The summed E-state index contributed by atoms with van der Waals surface area (Å²) >= 11 is 0. The first-order valence-electron chi connectivity index (χ1n) is 5.81. The average molecular weight is 232 g/mol. The molecular formula is C14H20N2O. The number of nitrogens with zero attached hydrogens (tertiary/aromatic N) is 1. The Bertz CT molecular complexity index is 423. The van der Waals surface area contributed by atoms with Crippen molar-refractivity contribution >= 4 is 0 Å². The van der Waals surface area contributed by atoms with E-state index in [2.05, 4.69) is 24.4 Å². The van der Waals surface area contributed by atoms with Crippen LogP contribution in [-0.2, 0) is 0 Å². The summed E-state index contributed by atoms with van der Waals surface area (Å²) in [5, 5.41) is 12.0. The third kappa shape index (κ3) is 3.76. The summed E-state index contributed by atoms with van der Waals surface area (Å²) in [5.41, 5.74) is 1.85. The smallest absolute Gasteiger partial charge is 0.122 e. The van der Waals surface area contributed by atoms with Crippen LogP contribution in [0, 0.1) is 25.2 Å². The molecule has 0 spiro atoms. The molecule has 1 N–H and O–H groups in total. The van der Waals surface area contributed by atoms with E-state index in [0.717, 1.165) is 11.3 Å². The molecule has 0 fully saturated rings.